The molecule has 0 atom stereocenters. The fraction of sp³-hybridized carbons (Fsp3) is 0.458. The largest absolute Gasteiger partial charge is 0.416 e. The molecule has 0 bridgehead atoms. The number of alkyl halides is 3. The zero-order chi connectivity index (χ0) is 24.5. The first-order chi connectivity index (χ1) is 16.1. The van der Waals surface area contributed by atoms with Crippen LogP contribution in [-0.2, 0) is 40.4 Å². The number of halogens is 4. The smallest absolute Gasteiger partial charge is 0.352 e. The second-order valence-electron chi connectivity index (χ2n) is 8.83. The number of sulfonamides is 1. The van der Waals surface area contributed by atoms with Crippen molar-refractivity contribution in [2.24, 2.45) is 5.92 Å². The number of hydrogen-bond donors (Lipinski definition) is 1. The van der Waals surface area contributed by atoms with Crippen molar-refractivity contribution in [2.45, 2.75) is 56.1 Å². The van der Waals surface area contributed by atoms with Gasteiger partial charge in [-0.2, -0.15) is 17.5 Å². The van der Waals surface area contributed by atoms with Crippen LogP contribution in [0.15, 0.2) is 41.3 Å². The second kappa shape index (κ2) is 9.65. The molecule has 34 heavy (non-hydrogen) atoms. The van der Waals surface area contributed by atoms with Crippen LogP contribution in [0.25, 0.3) is 0 Å². The first kappa shape index (κ1) is 24.7. The van der Waals surface area contributed by atoms with Gasteiger partial charge < -0.3 is 5.32 Å². The summed E-state index contributed by atoms with van der Waals surface area (Å²) in [6.45, 7) is -0.0781. The van der Waals surface area contributed by atoms with Crippen LogP contribution in [-0.4, -0.2) is 31.7 Å². The first-order valence-electron chi connectivity index (χ1n) is 11.3. The summed E-state index contributed by atoms with van der Waals surface area (Å²) in [6.07, 6.45) is -0.230. The number of amides is 1. The molecule has 4 rings (SSSR count). The fourth-order valence-corrected chi connectivity index (χ4v) is 6.19. The van der Waals surface area contributed by atoms with Crippen molar-refractivity contribution in [3.8, 4) is 0 Å². The van der Waals surface area contributed by atoms with Crippen molar-refractivity contribution in [2.75, 3.05) is 13.1 Å². The molecule has 2 aliphatic rings. The average Bonchev–Trinajstić information content (AvgIpc) is 2.82. The van der Waals surface area contributed by atoms with Crippen LogP contribution in [0.1, 0.15) is 47.9 Å². The van der Waals surface area contributed by atoms with Gasteiger partial charge in [-0.1, -0.05) is 12.1 Å². The highest BCUT2D eigenvalue weighted by Crippen LogP contribution is 2.33. The Morgan fingerprint density at radius 3 is 2.35 bits per heavy atom. The highest BCUT2D eigenvalue weighted by atomic mass is 32.2. The highest BCUT2D eigenvalue weighted by molar-refractivity contribution is 7.89. The van der Waals surface area contributed by atoms with E-state index in [0.29, 0.717) is 6.07 Å². The molecule has 0 aromatic heterocycles. The van der Waals surface area contributed by atoms with Gasteiger partial charge in [-0.15, -0.1) is 0 Å². The Balaban J connectivity index is 1.36. The third-order valence-corrected chi connectivity index (χ3v) is 8.51. The van der Waals surface area contributed by atoms with Gasteiger partial charge in [-0.25, -0.2) is 12.8 Å². The second-order valence-corrected chi connectivity index (χ2v) is 10.8. The van der Waals surface area contributed by atoms with Crippen LogP contribution in [0, 0.1) is 11.7 Å². The zero-order valence-corrected chi connectivity index (χ0v) is 19.3. The van der Waals surface area contributed by atoms with Gasteiger partial charge in [0.05, 0.1) is 10.5 Å². The Labute approximate surface area is 196 Å². The van der Waals surface area contributed by atoms with Gasteiger partial charge in [0, 0.05) is 25.6 Å². The first-order valence-corrected chi connectivity index (χ1v) is 12.7. The number of hydrogen-bond acceptors (Lipinski definition) is 3. The molecule has 0 unspecified atom stereocenters. The van der Waals surface area contributed by atoms with Crippen molar-refractivity contribution < 1.29 is 30.8 Å². The van der Waals surface area contributed by atoms with Crippen molar-refractivity contribution in [1.82, 2.24) is 9.62 Å². The van der Waals surface area contributed by atoms with E-state index in [2.05, 4.69) is 5.32 Å². The van der Waals surface area contributed by atoms with E-state index in [-0.39, 0.29) is 42.9 Å². The maximum Gasteiger partial charge on any atom is 0.416 e. The van der Waals surface area contributed by atoms with Gasteiger partial charge in [0.2, 0.25) is 15.9 Å². The number of nitrogens with one attached hydrogen (secondary N) is 1. The third-order valence-electron chi connectivity index (χ3n) is 6.61. The van der Waals surface area contributed by atoms with Crippen LogP contribution in [0.4, 0.5) is 17.6 Å². The molecule has 184 valence electrons. The lowest BCUT2D eigenvalue weighted by Crippen LogP contribution is -2.43. The van der Waals surface area contributed by atoms with Crippen LogP contribution >= 0.6 is 0 Å². The van der Waals surface area contributed by atoms with Gasteiger partial charge in [0.15, 0.2) is 0 Å². The standard InChI is InChI=1S/C24H26F4N2O3S/c25-20-7-5-19(22(14-20)24(26,27)28)15-29-23(31)17-9-11-30(12-10-17)34(32,33)21-8-6-16-3-1-2-4-18(16)13-21/h5-8,13-14,17H,1-4,9-12,15H2,(H,29,31). The van der Waals surface area contributed by atoms with Crippen LogP contribution in [0.5, 0.6) is 0 Å². The molecule has 2 aromatic carbocycles. The summed E-state index contributed by atoms with van der Waals surface area (Å²) in [5, 5.41) is 2.49. The summed E-state index contributed by atoms with van der Waals surface area (Å²) < 4.78 is 80.3. The van der Waals surface area contributed by atoms with E-state index in [1.54, 1.807) is 12.1 Å². The lowest BCUT2D eigenvalue weighted by atomic mass is 9.92. The lowest BCUT2D eigenvalue weighted by Gasteiger charge is -2.31. The third kappa shape index (κ3) is 5.27. The van der Waals surface area contributed by atoms with Gasteiger partial charge in [0.25, 0.3) is 0 Å². The monoisotopic (exact) mass is 498 g/mol. The van der Waals surface area contributed by atoms with Crippen LogP contribution < -0.4 is 5.32 Å². The number of aryl methyl sites for hydroxylation is 2. The van der Waals surface area contributed by atoms with E-state index in [1.807, 2.05) is 6.07 Å². The van der Waals surface area contributed by atoms with Crippen molar-refractivity contribution in [1.29, 1.82) is 0 Å². The molecule has 5 nitrogen and oxygen atoms in total. The van der Waals surface area contributed by atoms with Gasteiger partial charge in [-0.05, 0) is 79.5 Å². The van der Waals surface area contributed by atoms with E-state index in [9.17, 15) is 30.8 Å². The molecule has 1 fully saturated rings. The molecule has 1 amide bonds. The van der Waals surface area contributed by atoms with Crippen molar-refractivity contribution in [3.63, 3.8) is 0 Å². The summed E-state index contributed by atoms with van der Waals surface area (Å²) in [5.74, 6) is -1.96. The predicted octanol–water partition coefficient (Wildman–Crippen LogP) is 4.44. The highest BCUT2D eigenvalue weighted by Gasteiger charge is 2.35. The van der Waals surface area contributed by atoms with Crippen LogP contribution in [0.2, 0.25) is 0 Å². The van der Waals surface area contributed by atoms with E-state index < -0.39 is 39.4 Å². The summed E-state index contributed by atoms with van der Waals surface area (Å²) in [4.78, 5) is 12.8. The average molecular weight is 499 g/mol. The van der Waals surface area contributed by atoms with Gasteiger partial charge in [-0.3, -0.25) is 4.79 Å². The summed E-state index contributed by atoms with van der Waals surface area (Å²) in [6, 6.07) is 7.60. The molecule has 0 radical (unpaired) electrons. The predicted molar refractivity (Wildman–Crippen MR) is 118 cm³/mol. The molecule has 10 heteroatoms. The topological polar surface area (TPSA) is 66.5 Å². The fourth-order valence-electron chi connectivity index (χ4n) is 4.67. The molecule has 1 heterocycles. The van der Waals surface area contributed by atoms with Crippen molar-refractivity contribution in [3.05, 3.63) is 64.5 Å². The number of rotatable bonds is 5. The Kier molecular flexibility index (Phi) is 7.00. The van der Waals surface area contributed by atoms with Gasteiger partial charge >= 0.3 is 6.18 Å². The number of piperidine rings is 1. The van der Waals surface area contributed by atoms with Gasteiger partial charge in [0.1, 0.15) is 5.82 Å². The number of benzene rings is 2. The molecule has 1 saturated heterocycles. The van der Waals surface area contributed by atoms with E-state index in [4.69, 9.17) is 0 Å². The quantitative estimate of drug-likeness (QED) is 0.620. The van der Waals surface area contributed by atoms with E-state index >= 15 is 0 Å². The molecule has 0 saturated carbocycles. The number of carbonyl (C=O) groups is 1. The summed E-state index contributed by atoms with van der Waals surface area (Å²) in [5.41, 5.74) is 0.907. The summed E-state index contributed by atoms with van der Waals surface area (Å²) >= 11 is 0. The molecular weight excluding hydrogens is 472 g/mol. The maximum atomic E-state index is 13.3. The number of nitrogens with zero attached hydrogens (tertiary/aromatic N) is 1. The maximum absolute atomic E-state index is 13.3. The van der Waals surface area contributed by atoms with Crippen molar-refractivity contribution >= 4 is 15.9 Å². The molecule has 2 aromatic rings. The van der Waals surface area contributed by atoms with E-state index in [1.165, 1.54) is 9.87 Å². The molecule has 1 aliphatic carbocycles. The molecule has 1 aliphatic heterocycles. The Bertz CT molecular complexity index is 1170. The van der Waals surface area contributed by atoms with Crippen LogP contribution in [0.3, 0.4) is 0 Å². The molecule has 0 spiro atoms. The minimum absolute atomic E-state index is 0.155. The number of fused-ring (bicyclic) bond motifs is 1. The normalized spacial score (nSPS) is 17.9. The number of carbonyl (C=O) groups excluding carboxylic acids is 1. The Hall–Kier alpha value is -2.46. The minimum atomic E-state index is -4.74. The minimum Gasteiger partial charge on any atom is -0.352 e. The summed E-state index contributed by atoms with van der Waals surface area (Å²) in [7, 11) is -3.68. The molecular formula is C24H26F4N2O3S. The SMILES string of the molecule is O=C(NCc1ccc(F)cc1C(F)(F)F)C1CCN(S(=O)(=O)c2ccc3c(c2)CCCC3)CC1. The zero-order valence-electron chi connectivity index (χ0n) is 18.5. The van der Waals surface area contributed by atoms with E-state index in [0.717, 1.165) is 43.4 Å². The Morgan fingerprint density at radius 1 is 1.00 bits per heavy atom. The Morgan fingerprint density at radius 2 is 1.68 bits per heavy atom. The lowest BCUT2D eigenvalue weighted by molar-refractivity contribution is -0.138. The molecule has 1 N–H and O–H groups in total.